The smallest absolute Gasteiger partial charge is 0.132 e. The molecule has 5 nitrogen and oxygen atoms in total. The first-order chi connectivity index (χ1) is 12.6. The molecule has 0 amide bonds. The number of aromatic nitrogens is 1. The Bertz CT molecular complexity index is 732. The highest BCUT2D eigenvalue weighted by Crippen LogP contribution is 2.41. The molecule has 1 saturated heterocycles. The zero-order chi connectivity index (χ0) is 18.5. The van der Waals surface area contributed by atoms with Crippen LogP contribution in [0.2, 0.25) is 5.02 Å². The Morgan fingerprint density at radius 2 is 2.00 bits per heavy atom. The molecular formula is C20H26ClN3O2. The van der Waals surface area contributed by atoms with Gasteiger partial charge in [0.25, 0.3) is 0 Å². The Morgan fingerprint density at radius 3 is 2.65 bits per heavy atom. The number of pyridine rings is 1. The van der Waals surface area contributed by atoms with Gasteiger partial charge in [-0.15, -0.1) is 0 Å². The van der Waals surface area contributed by atoms with Crippen LogP contribution < -0.4 is 10.5 Å². The number of halogens is 1. The lowest BCUT2D eigenvalue weighted by molar-refractivity contribution is 0.0322. The van der Waals surface area contributed by atoms with E-state index in [0.717, 1.165) is 60.9 Å². The van der Waals surface area contributed by atoms with Gasteiger partial charge in [0.2, 0.25) is 0 Å². The van der Waals surface area contributed by atoms with Crippen molar-refractivity contribution in [2.75, 3.05) is 39.5 Å². The topological polar surface area (TPSA) is 60.6 Å². The van der Waals surface area contributed by atoms with Crippen molar-refractivity contribution >= 4 is 11.6 Å². The second-order valence-electron chi connectivity index (χ2n) is 6.60. The monoisotopic (exact) mass is 375 g/mol. The quantitative estimate of drug-likeness (QED) is 0.838. The van der Waals surface area contributed by atoms with E-state index in [1.807, 2.05) is 32.0 Å². The van der Waals surface area contributed by atoms with Crippen molar-refractivity contribution in [2.45, 2.75) is 19.9 Å². The first-order valence-electron chi connectivity index (χ1n) is 8.99. The molecule has 140 valence electrons. The van der Waals surface area contributed by atoms with Gasteiger partial charge in [-0.05, 0) is 43.2 Å². The van der Waals surface area contributed by atoms with Crippen molar-refractivity contribution in [3.05, 3.63) is 46.7 Å². The van der Waals surface area contributed by atoms with Gasteiger partial charge in [-0.25, -0.2) is 0 Å². The average molecular weight is 376 g/mol. The summed E-state index contributed by atoms with van der Waals surface area (Å²) in [5, 5.41) is 0.699. The van der Waals surface area contributed by atoms with Crippen LogP contribution in [0.4, 0.5) is 0 Å². The molecule has 1 aliphatic heterocycles. The van der Waals surface area contributed by atoms with Crippen LogP contribution >= 0.6 is 11.6 Å². The molecule has 3 rings (SSSR count). The molecule has 2 aromatic rings. The third-order valence-electron chi connectivity index (χ3n) is 4.72. The molecule has 0 radical (unpaired) electrons. The predicted octanol–water partition coefficient (Wildman–Crippen LogP) is 3.44. The highest BCUT2D eigenvalue weighted by Gasteiger charge is 2.20. The summed E-state index contributed by atoms with van der Waals surface area (Å²) in [5.74, 6) is 0.821. The number of hydrogen-bond donors (Lipinski definition) is 1. The van der Waals surface area contributed by atoms with Gasteiger partial charge >= 0.3 is 0 Å². The number of morpholine rings is 1. The van der Waals surface area contributed by atoms with Gasteiger partial charge in [0.1, 0.15) is 12.4 Å². The van der Waals surface area contributed by atoms with Crippen molar-refractivity contribution < 1.29 is 9.47 Å². The van der Waals surface area contributed by atoms with Gasteiger partial charge in [-0.2, -0.15) is 0 Å². The van der Waals surface area contributed by atoms with E-state index in [1.165, 1.54) is 0 Å². The van der Waals surface area contributed by atoms with E-state index in [9.17, 15) is 0 Å². The minimum Gasteiger partial charge on any atom is -0.491 e. The molecule has 6 heteroatoms. The molecule has 2 N–H and O–H groups in total. The maximum atomic E-state index is 6.49. The van der Waals surface area contributed by atoms with Gasteiger partial charge < -0.3 is 15.2 Å². The van der Waals surface area contributed by atoms with E-state index in [1.54, 1.807) is 12.4 Å². The van der Waals surface area contributed by atoms with Crippen molar-refractivity contribution in [1.82, 2.24) is 9.88 Å². The Hall–Kier alpha value is -1.66. The number of hydrogen-bond acceptors (Lipinski definition) is 5. The van der Waals surface area contributed by atoms with Crippen LogP contribution in [0.15, 0.2) is 30.6 Å². The number of nitrogens with zero attached hydrogens (tertiary/aromatic N) is 2. The van der Waals surface area contributed by atoms with Gasteiger partial charge in [0.15, 0.2) is 0 Å². The zero-order valence-electron chi connectivity index (χ0n) is 15.4. The van der Waals surface area contributed by atoms with Crippen molar-refractivity contribution in [1.29, 1.82) is 0 Å². The number of ether oxygens (including phenoxy) is 2. The molecule has 1 atom stereocenters. The lowest BCUT2D eigenvalue weighted by Gasteiger charge is -2.27. The van der Waals surface area contributed by atoms with E-state index in [4.69, 9.17) is 26.8 Å². The normalized spacial score (nSPS) is 16.5. The van der Waals surface area contributed by atoms with E-state index >= 15 is 0 Å². The van der Waals surface area contributed by atoms with Gasteiger partial charge in [0.05, 0.1) is 13.2 Å². The SMILES string of the molecule is Cc1c(Cl)cc(C(C)N)c(OCCN2CCOCC2)c1-c1ccncc1. The van der Waals surface area contributed by atoms with Crippen LogP contribution in [0.25, 0.3) is 11.1 Å². The molecule has 0 aliphatic carbocycles. The molecule has 1 aromatic heterocycles. The molecule has 1 unspecified atom stereocenters. The van der Waals surface area contributed by atoms with E-state index in [0.29, 0.717) is 11.6 Å². The Kier molecular flexibility index (Phi) is 6.48. The highest BCUT2D eigenvalue weighted by molar-refractivity contribution is 6.32. The van der Waals surface area contributed by atoms with E-state index < -0.39 is 0 Å². The average Bonchev–Trinajstić information content (AvgIpc) is 2.66. The van der Waals surface area contributed by atoms with Crippen LogP contribution in [0.3, 0.4) is 0 Å². The lowest BCUT2D eigenvalue weighted by atomic mass is 9.94. The molecule has 26 heavy (non-hydrogen) atoms. The number of rotatable bonds is 6. The van der Waals surface area contributed by atoms with Crippen LogP contribution in [0, 0.1) is 6.92 Å². The summed E-state index contributed by atoms with van der Waals surface area (Å²) in [7, 11) is 0. The fraction of sp³-hybridized carbons (Fsp3) is 0.450. The fourth-order valence-electron chi connectivity index (χ4n) is 3.21. The molecule has 0 spiro atoms. The largest absolute Gasteiger partial charge is 0.491 e. The minimum absolute atomic E-state index is 0.174. The number of nitrogens with two attached hydrogens (primary N) is 1. The Morgan fingerprint density at radius 1 is 1.31 bits per heavy atom. The summed E-state index contributed by atoms with van der Waals surface area (Å²) >= 11 is 6.49. The Labute approximate surface area is 160 Å². The third-order valence-corrected chi connectivity index (χ3v) is 5.11. The molecule has 1 aromatic carbocycles. The van der Waals surface area contributed by atoms with Gasteiger partial charge in [0, 0.05) is 54.2 Å². The fourth-order valence-corrected chi connectivity index (χ4v) is 3.42. The summed E-state index contributed by atoms with van der Waals surface area (Å²) in [4.78, 5) is 6.47. The van der Waals surface area contributed by atoms with Crippen LogP contribution in [0.1, 0.15) is 24.1 Å². The minimum atomic E-state index is -0.174. The molecule has 0 bridgehead atoms. The molecule has 1 aliphatic rings. The van der Waals surface area contributed by atoms with Crippen LogP contribution in [-0.2, 0) is 4.74 Å². The molecule has 0 saturated carbocycles. The second-order valence-corrected chi connectivity index (χ2v) is 7.01. The first kappa shape index (κ1) is 19.1. The van der Waals surface area contributed by atoms with Crippen LogP contribution in [0.5, 0.6) is 5.75 Å². The molecule has 2 heterocycles. The van der Waals surface area contributed by atoms with Crippen LogP contribution in [-0.4, -0.2) is 49.3 Å². The predicted molar refractivity (Wildman–Crippen MR) is 105 cm³/mol. The molecular weight excluding hydrogens is 350 g/mol. The van der Waals surface area contributed by atoms with Crippen molar-refractivity contribution in [2.24, 2.45) is 5.73 Å². The van der Waals surface area contributed by atoms with E-state index in [2.05, 4.69) is 9.88 Å². The van der Waals surface area contributed by atoms with E-state index in [-0.39, 0.29) is 6.04 Å². The molecule has 1 fully saturated rings. The summed E-state index contributed by atoms with van der Waals surface area (Å²) in [6.45, 7) is 8.88. The highest BCUT2D eigenvalue weighted by atomic mass is 35.5. The Balaban J connectivity index is 1.91. The summed E-state index contributed by atoms with van der Waals surface area (Å²) < 4.78 is 11.7. The zero-order valence-corrected chi connectivity index (χ0v) is 16.1. The first-order valence-corrected chi connectivity index (χ1v) is 9.37. The summed E-state index contributed by atoms with van der Waals surface area (Å²) in [5.41, 5.74) is 10.2. The number of benzene rings is 1. The van der Waals surface area contributed by atoms with Gasteiger partial charge in [-0.1, -0.05) is 11.6 Å². The standard InChI is InChI=1S/C20H26ClN3O2/c1-14-18(21)13-17(15(2)22)20(19(14)16-3-5-23-6-4-16)26-12-9-24-7-10-25-11-8-24/h3-6,13,15H,7-12,22H2,1-2H3. The van der Waals surface area contributed by atoms with Crippen molar-refractivity contribution in [3.8, 4) is 16.9 Å². The maximum Gasteiger partial charge on any atom is 0.132 e. The summed E-state index contributed by atoms with van der Waals surface area (Å²) in [6, 6.07) is 5.69. The second kappa shape index (κ2) is 8.82. The third kappa shape index (κ3) is 4.35. The lowest BCUT2D eigenvalue weighted by Crippen LogP contribution is -2.38. The maximum absolute atomic E-state index is 6.49. The van der Waals surface area contributed by atoms with Gasteiger partial charge in [-0.3, -0.25) is 9.88 Å². The van der Waals surface area contributed by atoms with Crippen molar-refractivity contribution in [3.63, 3.8) is 0 Å². The summed E-state index contributed by atoms with van der Waals surface area (Å²) in [6.07, 6.45) is 3.55.